The van der Waals surface area contributed by atoms with Gasteiger partial charge in [-0.2, -0.15) is 0 Å². The van der Waals surface area contributed by atoms with Crippen molar-refractivity contribution >= 4 is 24.5 Å². The molecule has 0 aliphatic rings. The van der Waals surface area contributed by atoms with Crippen LogP contribution in [0.15, 0.2) is 42.5 Å². The van der Waals surface area contributed by atoms with Gasteiger partial charge in [-0.05, 0) is 23.2 Å². The van der Waals surface area contributed by atoms with Gasteiger partial charge in [-0.3, -0.25) is 4.79 Å². The Balaban J connectivity index is 2.15. The minimum Gasteiger partial charge on any atom is -0.467 e. The van der Waals surface area contributed by atoms with E-state index in [-0.39, 0.29) is 12.0 Å². The zero-order valence-electron chi connectivity index (χ0n) is 15.7. The quantitative estimate of drug-likeness (QED) is 0.545. The first kappa shape index (κ1) is 21.5. The minimum absolute atomic E-state index is 0.117. The van der Waals surface area contributed by atoms with Gasteiger partial charge in [0.05, 0.1) is 12.7 Å². The Hall–Kier alpha value is -2.78. The van der Waals surface area contributed by atoms with Crippen molar-refractivity contribution < 1.29 is 32.4 Å². The molecule has 1 amide bonds. The average molecular weight is 391 g/mol. The van der Waals surface area contributed by atoms with Crippen LogP contribution in [-0.4, -0.2) is 46.4 Å². The van der Waals surface area contributed by atoms with Crippen LogP contribution < -0.4 is 10.8 Å². The summed E-state index contributed by atoms with van der Waals surface area (Å²) in [5.74, 6) is -3.35. The Morgan fingerprint density at radius 1 is 1.04 bits per heavy atom. The van der Waals surface area contributed by atoms with E-state index in [0.717, 1.165) is 23.2 Å². The summed E-state index contributed by atoms with van der Waals surface area (Å²) < 4.78 is 41.9. The molecule has 0 bridgehead atoms. The Morgan fingerprint density at radius 3 is 2.21 bits per heavy atom. The number of amides is 1. The highest BCUT2D eigenvalue weighted by atomic mass is 19.1. The predicted octanol–water partition coefficient (Wildman–Crippen LogP) is 1.47. The van der Waals surface area contributed by atoms with E-state index in [1.54, 1.807) is 24.3 Å². The van der Waals surface area contributed by atoms with E-state index in [1.807, 2.05) is 0 Å². The van der Waals surface area contributed by atoms with Gasteiger partial charge in [-0.15, -0.1) is 0 Å². The second kappa shape index (κ2) is 9.96. The smallest absolute Gasteiger partial charge is 0.467 e. The zero-order valence-corrected chi connectivity index (χ0v) is 15.7. The summed E-state index contributed by atoms with van der Waals surface area (Å²) >= 11 is 0. The third kappa shape index (κ3) is 5.37. The van der Waals surface area contributed by atoms with Gasteiger partial charge in [0.2, 0.25) is 0 Å². The summed E-state index contributed by atoms with van der Waals surface area (Å²) in [6.45, 7) is 0. The van der Waals surface area contributed by atoms with Crippen molar-refractivity contribution in [1.82, 2.24) is 5.32 Å². The van der Waals surface area contributed by atoms with Crippen LogP contribution in [-0.2, 0) is 25.3 Å². The minimum atomic E-state index is -1.05. The third-order valence-corrected chi connectivity index (χ3v) is 4.09. The van der Waals surface area contributed by atoms with E-state index in [2.05, 4.69) is 5.32 Å². The maximum atomic E-state index is 13.8. The van der Waals surface area contributed by atoms with E-state index in [1.165, 1.54) is 21.3 Å². The van der Waals surface area contributed by atoms with E-state index in [0.29, 0.717) is 6.07 Å². The van der Waals surface area contributed by atoms with Gasteiger partial charge in [0.15, 0.2) is 0 Å². The van der Waals surface area contributed by atoms with Gasteiger partial charge in [-0.1, -0.05) is 24.3 Å². The predicted molar refractivity (Wildman–Crippen MR) is 99.2 cm³/mol. The standard InChI is InChI=1S/C19H20BF2NO5/c1-26-19(25)17(23-18(24)15-9-8-14(21)11-16(15)22)10-12-4-6-13(7-5-12)20(27-2)28-3/h4-9,11,17H,10H2,1-3H3,(H,23,24)/t17-/m0/s1. The van der Waals surface area contributed by atoms with Crippen LogP contribution in [0.1, 0.15) is 15.9 Å². The van der Waals surface area contributed by atoms with Crippen LogP contribution in [0.2, 0.25) is 0 Å². The number of rotatable bonds is 8. The highest BCUT2D eigenvalue weighted by molar-refractivity contribution is 6.61. The SMILES string of the molecule is COB(OC)c1ccc(C[C@H](NC(=O)c2ccc(F)cc2F)C(=O)OC)cc1. The molecule has 9 heteroatoms. The van der Waals surface area contributed by atoms with Gasteiger partial charge in [0.25, 0.3) is 5.91 Å². The number of carbonyl (C=O) groups excluding carboxylic acids is 2. The van der Waals surface area contributed by atoms with Crippen molar-refractivity contribution in [3.63, 3.8) is 0 Å². The van der Waals surface area contributed by atoms with Crippen molar-refractivity contribution in [2.75, 3.05) is 21.3 Å². The topological polar surface area (TPSA) is 73.9 Å². The molecular weight excluding hydrogens is 371 g/mol. The van der Waals surface area contributed by atoms with E-state index in [4.69, 9.17) is 14.0 Å². The number of hydrogen-bond donors (Lipinski definition) is 1. The lowest BCUT2D eigenvalue weighted by molar-refractivity contribution is -0.142. The molecule has 0 unspecified atom stereocenters. The molecule has 6 nitrogen and oxygen atoms in total. The molecule has 0 saturated carbocycles. The van der Waals surface area contributed by atoms with Gasteiger partial charge in [-0.25, -0.2) is 13.6 Å². The molecule has 1 N–H and O–H groups in total. The number of carbonyl (C=O) groups is 2. The van der Waals surface area contributed by atoms with Crippen molar-refractivity contribution in [2.45, 2.75) is 12.5 Å². The fraction of sp³-hybridized carbons (Fsp3) is 0.263. The highest BCUT2D eigenvalue weighted by Crippen LogP contribution is 2.11. The third-order valence-electron chi connectivity index (χ3n) is 4.09. The molecule has 0 spiro atoms. The number of hydrogen-bond acceptors (Lipinski definition) is 5. The Bertz CT molecular complexity index is 828. The summed E-state index contributed by atoms with van der Waals surface area (Å²) in [6, 6.07) is 8.56. The molecule has 0 heterocycles. The van der Waals surface area contributed by atoms with Crippen LogP contribution in [0.4, 0.5) is 8.78 Å². The lowest BCUT2D eigenvalue weighted by Gasteiger charge is -2.17. The van der Waals surface area contributed by atoms with Crippen molar-refractivity contribution in [3.8, 4) is 0 Å². The molecule has 28 heavy (non-hydrogen) atoms. The van der Waals surface area contributed by atoms with Crippen LogP contribution in [0.5, 0.6) is 0 Å². The van der Waals surface area contributed by atoms with E-state index >= 15 is 0 Å². The fourth-order valence-corrected chi connectivity index (χ4v) is 2.66. The number of methoxy groups -OCH3 is 1. The summed E-state index contributed by atoms with van der Waals surface area (Å²) in [5, 5.41) is 2.43. The average Bonchev–Trinajstić information content (AvgIpc) is 2.68. The normalized spacial score (nSPS) is 11.6. The zero-order chi connectivity index (χ0) is 20.7. The first-order chi connectivity index (χ1) is 13.4. The molecule has 2 aromatic rings. The van der Waals surface area contributed by atoms with Gasteiger partial charge < -0.3 is 19.4 Å². The monoisotopic (exact) mass is 391 g/mol. The van der Waals surface area contributed by atoms with E-state index < -0.39 is 36.7 Å². The van der Waals surface area contributed by atoms with E-state index in [9.17, 15) is 18.4 Å². The van der Waals surface area contributed by atoms with Crippen LogP contribution in [0, 0.1) is 11.6 Å². The number of halogens is 2. The molecule has 0 aliphatic heterocycles. The molecule has 0 aliphatic carbocycles. The largest absolute Gasteiger partial charge is 0.493 e. The first-order valence-corrected chi connectivity index (χ1v) is 8.37. The maximum absolute atomic E-state index is 13.8. The first-order valence-electron chi connectivity index (χ1n) is 8.37. The number of esters is 1. The van der Waals surface area contributed by atoms with Crippen LogP contribution in [0.3, 0.4) is 0 Å². The highest BCUT2D eigenvalue weighted by Gasteiger charge is 2.25. The Labute approximate surface area is 161 Å². The fourth-order valence-electron chi connectivity index (χ4n) is 2.66. The molecule has 2 rings (SSSR count). The Morgan fingerprint density at radius 2 is 1.68 bits per heavy atom. The molecule has 0 saturated heterocycles. The molecule has 0 fully saturated rings. The lowest BCUT2D eigenvalue weighted by Crippen LogP contribution is -2.43. The molecule has 0 aromatic heterocycles. The van der Waals surface area contributed by atoms with Crippen molar-refractivity contribution in [2.24, 2.45) is 0 Å². The molecular formula is C19H20BF2NO5. The van der Waals surface area contributed by atoms with Gasteiger partial charge in [0, 0.05) is 26.7 Å². The second-order valence-electron chi connectivity index (χ2n) is 5.92. The molecule has 0 radical (unpaired) electrons. The van der Waals surface area contributed by atoms with Crippen LogP contribution in [0.25, 0.3) is 0 Å². The lowest BCUT2D eigenvalue weighted by atomic mass is 9.78. The number of ether oxygens (including phenoxy) is 1. The molecule has 2 aromatic carbocycles. The second-order valence-corrected chi connectivity index (χ2v) is 5.92. The van der Waals surface area contributed by atoms with Crippen molar-refractivity contribution in [3.05, 3.63) is 65.2 Å². The number of benzene rings is 2. The summed E-state index contributed by atoms with van der Waals surface area (Å²) in [5.41, 5.74) is 1.14. The van der Waals surface area contributed by atoms with Gasteiger partial charge >= 0.3 is 13.1 Å². The summed E-state index contributed by atoms with van der Waals surface area (Å²) in [6.07, 6.45) is 0.117. The van der Waals surface area contributed by atoms with Crippen molar-refractivity contribution in [1.29, 1.82) is 0 Å². The Kier molecular flexibility index (Phi) is 7.65. The molecule has 1 atom stereocenters. The molecule has 148 valence electrons. The summed E-state index contributed by atoms with van der Waals surface area (Å²) in [7, 11) is 3.69. The van der Waals surface area contributed by atoms with Gasteiger partial charge in [0.1, 0.15) is 17.7 Å². The number of nitrogens with one attached hydrogen (secondary N) is 1. The maximum Gasteiger partial charge on any atom is 0.493 e. The van der Waals surface area contributed by atoms with Crippen LogP contribution >= 0.6 is 0 Å². The summed E-state index contributed by atoms with van der Waals surface area (Å²) in [4.78, 5) is 24.4.